The van der Waals surface area contributed by atoms with Gasteiger partial charge in [0.15, 0.2) is 5.78 Å². The molecule has 0 fully saturated rings. The summed E-state index contributed by atoms with van der Waals surface area (Å²) in [6.45, 7) is 5.19. The zero-order valence-electron chi connectivity index (χ0n) is 7.92. The van der Waals surface area contributed by atoms with E-state index in [4.69, 9.17) is 0 Å². The fourth-order valence-corrected chi connectivity index (χ4v) is 1.74. The van der Waals surface area contributed by atoms with Crippen molar-refractivity contribution in [1.82, 2.24) is 0 Å². The molecule has 1 aromatic rings. The van der Waals surface area contributed by atoms with E-state index in [0.29, 0.717) is 10.5 Å². The summed E-state index contributed by atoms with van der Waals surface area (Å²) in [7, 11) is 0. The van der Waals surface area contributed by atoms with E-state index in [-0.39, 0.29) is 17.4 Å². The highest BCUT2D eigenvalue weighted by atomic mass is 32.2. The Morgan fingerprint density at radius 2 is 2.14 bits per heavy atom. The maximum atomic E-state index is 13.1. The molecule has 14 heavy (non-hydrogen) atoms. The highest BCUT2D eigenvalue weighted by molar-refractivity contribution is 8.00. The van der Waals surface area contributed by atoms with E-state index in [1.165, 1.54) is 17.8 Å². The number of benzene rings is 1. The second kappa shape index (κ2) is 4.96. The molecule has 0 aliphatic carbocycles. The standard InChI is InChI=1S/C11H11FOS/c1-8(2)10(13)7-14-11-6-4-3-5-9(11)12/h3-6H,1,7H2,2H3. The third-order valence-electron chi connectivity index (χ3n) is 1.67. The average molecular weight is 210 g/mol. The van der Waals surface area contributed by atoms with E-state index in [2.05, 4.69) is 6.58 Å². The smallest absolute Gasteiger partial charge is 0.168 e. The van der Waals surface area contributed by atoms with Crippen molar-refractivity contribution in [2.75, 3.05) is 5.75 Å². The van der Waals surface area contributed by atoms with E-state index in [0.717, 1.165) is 0 Å². The van der Waals surface area contributed by atoms with Crippen molar-refractivity contribution in [1.29, 1.82) is 0 Å². The molecule has 0 unspecified atom stereocenters. The van der Waals surface area contributed by atoms with Crippen molar-refractivity contribution in [3.63, 3.8) is 0 Å². The van der Waals surface area contributed by atoms with E-state index < -0.39 is 0 Å². The second-order valence-corrected chi connectivity index (χ2v) is 3.94. The van der Waals surface area contributed by atoms with Crippen LogP contribution in [0.5, 0.6) is 0 Å². The number of rotatable bonds is 4. The van der Waals surface area contributed by atoms with Crippen molar-refractivity contribution in [3.05, 3.63) is 42.2 Å². The van der Waals surface area contributed by atoms with Gasteiger partial charge in [-0.2, -0.15) is 0 Å². The zero-order chi connectivity index (χ0) is 10.6. The van der Waals surface area contributed by atoms with Crippen LogP contribution < -0.4 is 0 Å². The lowest BCUT2D eigenvalue weighted by Gasteiger charge is -2.01. The van der Waals surface area contributed by atoms with Gasteiger partial charge in [0.1, 0.15) is 5.82 Å². The number of halogens is 1. The summed E-state index contributed by atoms with van der Waals surface area (Å²) < 4.78 is 13.1. The van der Waals surface area contributed by atoms with Crippen LogP contribution in [0.25, 0.3) is 0 Å². The van der Waals surface area contributed by atoms with Gasteiger partial charge in [0.2, 0.25) is 0 Å². The number of allylic oxidation sites excluding steroid dienone is 1. The number of carbonyl (C=O) groups is 1. The van der Waals surface area contributed by atoms with Gasteiger partial charge in [-0.3, -0.25) is 4.79 Å². The predicted molar refractivity (Wildman–Crippen MR) is 56.9 cm³/mol. The van der Waals surface area contributed by atoms with Crippen LogP contribution in [0.3, 0.4) is 0 Å². The number of ketones is 1. The molecule has 0 aromatic heterocycles. The minimum atomic E-state index is -0.285. The number of hydrogen-bond donors (Lipinski definition) is 0. The Labute approximate surface area is 87.0 Å². The molecule has 0 aliphatic heterocycles. The van der Waals surface area contributed by atoms with Crippen LogP contribution in [-0.2, 0) is 4.79 Å². The van der Waals surface area contributed by atoms with Gasteiger partial charge in [-0.15, -0.1) is 11.8 Å². The number of carbonyl (C=O) groups excluding carboxylic acids is 1. The van der Waals surface area contributed by atoms with Gasteiger partial charge >= 0.3 is 0 Å². The minimum Gasteiger partial charge on any atom is -0.294 e. The molecule has 3 heteroatoms. The summed E-state index contributed by atoms with van der Waals surface area (Å²) >= 11 is 1.20. The fourth-order valence-electron chi connectivity index (χ4n) is 0.828. The summed E-state index contributed by atoms with van der Waals surface area (Å²) in [6, 6.07) is 6.41. The number of thioether (sulfide) groups is 1. The largest absolute Gasteiger partial charge is 0.294 e. The first kappa shape index (κ1) is 11.0. The molecule has 0 heterocycles. The van der Waals surface area contributed by atoms with Gasteiger partial charge in [0.25, 0.3) is 0 Å². The Kier molecular flexibility index (Phi) is 3.89. The third kappa shape index (κ3) is 3.00. The second-order valence-electron chi connectivity index (χ2n) is 2.92. The Bertz CT molecular complexity index is 360. The molecular weight excluding hydrogens is 199 g/mol. The topological polar surface area (TPSA) is 17.1 Å². The summed E-state index contributed by atoms with van der Waals surface area (Å²) in [5, 5.41) is 0. The summed E-state index contributed by atoms with van der Waals surface area (Å²) in [5.41, 5.74) is 0.508. The van der Waals surface area contributed by atoms with Gasteiger partial charge in [-0.1, -0.05) is 18.7 Å². The van der Waals surface area contributed by atoms with Crippen molar-refractivity contribution in [3.8, 4) is 0 Å². The van der Waals surface area contributed by atoms with Gasteiger partial charge in [0, 0.05) is 4.90 Å². The van der Waals surface area contributed by atoms with Gasteiger partial charge in [-0.25, -0.2) is 4.39 Å². The highest BCUT2D eigenvalue weighted by Crippen LogP contribution is 2.21. The SMILES string of the molecule is C=C(C)C(=O)CSc1ccccc1F. The molecule has 1 aromatic carbocycles. The maximum Gasteiger partial charge on any atom is 0.168 e. The summed E-state index contributed by atoms with van der Waals surface area (Å²) in [5.74, 6) is -0.0822. The van der Waals surface area contributed by atoms with Crippen molar-refractivity contribution >= 4 is 17.5 Å². The first-order chi connectivity index (χ1) is 6.61. The maximum absolute atomic E-state index is 13.1. The Morgan fingerprint density at radius 3 is 2.71 bits per heavy atom. The first-order valence-corrected chi connectivity index (χ1v) is 5.16. The lowest BCUT2D eigenvalue weighted by Crippen LogP contribution is -2.01. The summed E-state index contributed by atoms with van der Waals surface area (Å²) in [6.07, 6.45) is 0. The van der Waals surface area contributed by atoms with Crippen LogP contribution in [0.4, 0.5) is 4.39 Å². The molecule has 0 atom stereocenters. The van der Waals surface area contributed by atoms with Crippen molar-refractivity contribution in [2.24, 2.45) is 0 Å². The van der Waals surface area contributed by atoms with Crippen LogP contribution >= 0.6 is 11.8 Å². The first-order valence-electron chi connectivity index (χ1n) is 4.17. The zero-order valence-corrected chi connectivity index (χ0v) is 8.73. The highest BCUT2D eigenvalue weighted by Gasteiger charge is 2.06. The molecule has 1 nitrogen and oxygen atoms in total. The van der Waals surface area contributed by atoms with Crippen molar-refractivity contribution < 1.29 is 9.18 Å². The molecule has 0 amide bonds. The normalized spacial score (nSPS) is 9.86. The molecule has 0 radical (unpaired) electrons. The molecular formula is C11H11FOS. The van der Waals surface area contributed by atoms with E-state index >= 15 is 0 Å². The molecule has 1 rings (SSSR count). The molecule has 0 aliphatic rings. The summed E-state index contributed by atoms with van der Waals surface area (Å²) in [4.78, 5) is 11.7. The third-order valence-corrected chi connectivity index (χ3v) is 2.72. The predicted octanol–water partition coefficient (Wildman–Crippen LogP) is 3.06. The quantitative estimate of drug-likeness (QED) is 0.561. The number of Topliss-reactive ketones (excluding diaryl/α,β-unsaturated/α-hetero) is 1. The van der Waals surface area contributed by atoms with Crippen LogP contribution in [-0.4, -0.2) is 11.5 Å². The lowest BCUT2D eigenvalue weighted by atomic mass is 10.2. The van der Waals surface area contributed by atoms with E-state index in [9.17, 15) is 9.18 Å². The van der Waals surface area contributed by atoms with Gasteiger partial charge < -0.3 is 0 Å². The Hall–Kier alpha value is -1.09. The molecule has 0 spiro atoms. The molecule has 0 bridgehead atoms. The average Bonchev–Trinajstić information content (AvgIpc) is 2.16. The molecule has 0 saturated carbocycles. The van der Waals surface area contributed by atoms with E-state index in [1.54, 1.807) is 25.1 Å². The minimum absolute atomic E-state index is 0.0433. The van der Waals surface area contributed by atoms with Gasteiger partial charge in [0.05, 0.1) is 5.75 Å². The molecule has 0 N–H and O–H groups in total. The van der Waals surface area contributed by atoms with Crippen molar-refractivity contribution in [2.45, 2.75) is 11.8 Å². The number of hydrogen-bond acceptors (Lipinski definition) is 2. The van der Waals surface area contributed by atoms with Crippen LogP contribution in [0.1, 0.15) is 6.92 Å². The Balaban J connectivity index is 2.58. The molecule has 0 saturated heterocycles. The molecule has 74 valence electrons. The monoisotopic (exact) mass is 210 g/mol. The van der Waals surface area contributed by atoms with Crippen LogP contribution in [0.2, 0.25) is 0 Å². The van der Waals surface area contributed by atoms with E-state index in [1.807, 2.05) is 0 Å². The fraction of sp³-hybridized carbons (Fsp3) is 0.182. The lowest BCUT2D eigenvalue weighted by molar-refractivity contribution is -0.113. The van der Waals surface area contributed by atoms with Gasteiger partial charge in [-0.05, 0) is 24.6 Å². The van der Waals surface area contributed by atoms with Crippen LogP contribution in [0, 0.1) is 5.82 Å². The van der Waals surface area contributed by atoms with Crippen LogP contribution in [0.15, 0.2) is 41.3 Å². The Morgan fingerprint density at radius 1 is 1.50 bits per heavy atom.